The van der Waals surface area contributed by atoms with Gasteiger partial charge < -0.3 is 0 Å². The van der Waals surface area contributed by atoms with Gasteiger partial charge in [-0.2, -0.15) is 0 Å². The van der Waals surface area contributed by atoms with Crippen LogP contribution in [0.15, 0.2) is 52.5 Å². The zero-order chi connectivity index (χ0) is 18.2. The fraction of sp³-hybridized carbons (Fsp3) is 0.429. The maximum Gasteiger partial charge on any atom is 0.192 e. The fourth-order valence-corrected chi connectivity index (χ4v) is 3.78. The molecule has 0 fully saturated rings. The molecule has 1 aromatic rings. The smallest absolute Gasteiger partial charge is 0.192 e. The Bertz CT molecular complexity index is 750. The van der Waals surface area contributed by atoms with Crippen LogP contribution in [-0.2, 0) is 9.84 Å². The van der Waals surface area contributed by atoms with Crippen LogP contribution in [0.4, 0.5) is 0 Å². The predicted octanol–water partition coefficient (Wildman–Crippen LogP) is 5.24. The first-order valence-corrected chi connectivity index (χ1v) is 9.84. The summed E-state index contributed by atoms with van der Waals surface area (Å²) in [5, 5.41) is -0.691. The van der Waals surface area contributed by atoms with E-state index in [1.54, 1.807) is 19.1 Å². The molecule has 0 radical (unpaired) electrons. The van der Waals surface area contributed by atoms with E-state index >= 15 is 0 Å². The minimum atomic E-state index is -3.44. The summed E-state index contributed by atoms with van der Waals surface area (Å²) in [5.74, 6) is 5.64. The lowest BCUT2D eigenvalue weighted by atomic mass is 10.1. The highest BCUT2D eigenvalue weighted by molar-refractivity contribution is 7.92. The minimum absolute atomic E-state index is 0.344. The molecule has 0 heterocycles. The van der Waals surface area contributed by atoms with Crippen LogP contribution in [0.25, 0.3) is 0 Å². The van der Waals surface area contributed by atoms with Gasteiger partial charge in [-0.3, -0.25) is 0 Å². The molecule has 0 bridgehead atoms. The standard InChI is InChI=1S/C21H28O2S/c1-6-8-20(14-11-18(4)10-7-9-17(2)3)24(22,23)21-15-12-19(5)13-16-21/h9,11-13,15-16,20H,7,10,14H2,1-5H3/b18-11+. The Balaban J connectivity index is 2.91. The molecule has 0 saturated carbocycles. The third-order valence-corrected chi connectivity index (χ3v) is 5.79. The van der Waals surface area contributed by atoms with Crippen molar-refractivity contribution in [1.29, 1.82) is 0 Å². The van der Waals surface area contributed by atoms with Gasteiger partial charge in [-0.25, -0.2) is 8.42 Å². The van der Waals surface area contributed by atoms with Crippen molar-refractivity contribution in [1.82, 2.24) is 0 Å². The summed E-state index contributed by atoms with van der Waals surface area (Å²) in [6.07, 6.45) is 6.57. The predicted molar refractivity (Wildman–Crippen MR) is 103 cm³/mol. The number of rotatable bonds is 7. The van der Waals surface area contributed by atoms with Gasteiger partial charge in [0.15, 0.2) is 9.84 Å². The van der Waals surface area contributed by atoms with Crippen LogP contribution in [0.1, 0.15) is 52.5 Å². The molecule has 0 saturated heterocycles. The second-order valence-corrected chi connectivity index (χ2v) is 8.48. The average Bonchev–Trinajstić information content (AvgIpc) is 2.51. The summed E-state index contributed by atoms with van der Waals surface area (Å²) in [7, 11) is -3.44. The van der Waals surface area contributed by atoms with Gasteiger partial charge in [0.1, 0.15) is 5.25 Å². The average molecular weight is 345 g/mol. The van der Waals surface area contributed by atoms with Crippen LogP contribution in [0.2, 0.25) is 0 Å². The second-order valence-electron chi connectivity index (χ2n) is 6.35. The minimum Gasteiger partial charge on any atom is -0.222 e. The lowest BCUT2D eigenvalue weighted by Gasteiger charge is -2.11. The van der Waals surface area contributed by atoms with Crippen molar-refractivity contribution in [3.05, 3.63) is 53.1 Å². The van der Waals surface area contributed by atoms with Gasteiger partial charge >= 0.3 is 0 Å². The van der Waals surface area contributed by atoms with Crippen LogP contribution in [0.3, 0.4) is 0 Å². The molecule has 0 aliphatic rings. The molecule has 0 aromatic heterocycles. The first kappa shape index (κ1) is 20.3. The van der Waals surface area contributed by atoms with Crippen LogP contribution in [0, 0.1) is 18.8 Å². The molecule has 0 amide bonds. The zero-order valence-electron chi connectivity index (χ0n) is 15.4. The molecular formula is C21H28O2S. The van der Waals surface area contributed by atoms with E-state index < -0.39 is 15.1 Å². The molecule has 1 rings (SSSR count). The van der Waals surface area contributed by atoms with Crippen LogP contribution in [-0.4, -0.2) is 13.7 Å². The largest absolute Gasteiger partial charge is 0.222 e. The van der Waals surface area contributed by atoms with Crippen molar-refractivity contribution in [2.45, 2.75) is 64.0 Å². The number of hydrogen-bond acceptors (Lipinski definition) is 2. The number of hydrogen-bond donors (Lipinski definition) is 0. The molecule has 24 heavy (non-hydrogen) atoms. The summed E-state index contributed by atoms with van der Waals surface area (Å²) in [6.45, 7) is 9.84. The van der Waals surface area contributed by atoms with E-state index in [1.165, 1.54) is 11.1 Å². The van der Waals surface area contributed by atoms with Gasteiger partial charge in [-0.05, 0) is 66.0 Å². The van der Waals surface area contributed by atoms with Crippen LogP contribution < -0.4 is 0 Å². The summed E-state index contributed by atoms with van der Waals surface area (Å²) >= 11 is 0. The Labute approximate surface area is 147 Å². The lowest BCUT2D eigenvalue weighted by molar-refractivity contribution is 0.589. The number of allylic oxidation sites excluding steroid dienone is 4. The molecule has 0 aliphatic carbocycles. The first-order chi connectivity index (χ1) is 11.3. The van der Waals surface area contributed by atoms with Gasteiger partial charge in [0, 0.05) is 0 Å². The number of sulfone groups is 1. The summed E-state index contributed by atoms with van der Waals surface area (Å²) in [5.41, 5.74) is 3.55. The summed E-state index contributed by atoms with van der Waals surface area (Å²) in [6, 6.07) is 6.98. The van der Waals surface area contributed by atoms with Gasteiger partial charge in [-0.15, -0.1) is 5.92 Å². The third kappa shape index (κ3) is 6.37. The highest BCUT2D eigenvalue weighted by atomic mass is 32.2. The Hall–Kier alpha value is -1.79. The molecule has 3 heteroatoms. The molecule has 0 aliphatic heterocycles. The van der Waals surface area contributed by atoms with Crippen molar-refractivity contribution >= 4 is 9.84 Å². The second kappa shape index (κ2) is 9.49. The Morgan fingerprint density at radius 1 is 1.12 bits per heavy atom. The number of benzene rings is 1. The fourth-order valence-electron chi connectivity index (χ4n) is 2.32. The zero-order valence-corrected chi connectivity index (χ0v) is 16.2. The molecular weight excluding hydrogens is 316 g/mol. The van der Waals surface area contributed by atoms with Crippen molar-refractivity contribution in [2.24, 2.45) is 0 Å². The lowest BCUT2D eigenvalue weighted by Crippen LogP contribution is -2.19. The van der Waals surface area contributed by atoms with Gasteiger partial charge in [-0.1, -0.05) is 46.9 Å². The topological polar surface area (TPSA) is 34.1 Å². The Morgan fingerprint density at radius 2 is 1.75 bits per heavy atom. The first-order valence-electron chi connectivity index (χ1n) is 8.29. The molecule has 1 atom stereocenters. The Kier molecular flexibility index (Phi) is 8.01. The van der Waals surface area contributed by atoms with E-state index in [0.29, 0.717) is 11.3 Å². The maximum absolute atomic E-state index is 12.8. The van der Waals surface area contributed by atoms with E-state index in [1.807, 2.05) is 32.1 Å². The van der Waals surface area contributed by atoms with Gasteiger partial charge in [0.2, 0.25) is 0 Å². The van der Waals surface area contributed by atoms with Crippen molar-refractivity contribution < 1.29 is 8.42 Å². The van der Waals surface area contributed by atoms with Crippen molar-refractivity contribution in [3.63, 3.8) is 0 Å². The van der Waals surface area contributed by atoms with E-state index in [9.17, 15) is 8.42 Å². The van der Waals surface area contributed by atoms with Crippen LogP contribution >= 0.6 is 0 Å². The maximum atomic E-state index is 12.8. The quantitative estimate of drug-likeness (QED) is 0.500. The SMILES string of the molecule is CC#CC(C/C=C(\C)CCC=C(C)C)S(=O)(=O)c1ccc(C)cc1. The highest BCUT2D eigenvalue weighted by Crippen LogP contribution is 2.20. The monoisotopic (exact) mass is 344 g/mol. The van der Waals surface area contributed by atoms with E-state index in [0.717, 1.165) is 18.4 Å². The third-order valence-electron chi connectivity index (χ3n) is 3.80. The van der Waals surface area contributed by atoms with Gasteiger partial charge in [0.25, 0.3) is 0 Å². The van der Waals surface area contributed by atoms with Crippen molar-refractivity contribution in [3.8, 4) is 11.8 Å². The van der Waals surface area contributed by atoms with Crippen LogP contribution in [0.5, 0.6) is 0 Å². The highest BCUT2D eigenvalue weighted by Gasteiger charge is 2.24. The van der Waals surface area contributed by atoms with E-state index in [-0.39, 0.29) is 0 Å². The van der Waals surface area contributed by atoms with Crippen molar-refractivity contribution in [2.75, 3.05) is 0 Å². The summed E-state index contributed by atoms with van der Waals surface area (Å²) in [4.78, 5) is 0.344. The van der Waals surface area contributed by atoms with Gasteiger partial charge in [0.05, 0.1) is 4.90 Å². The molecule has 1 unspecified atom stereocenters. The van der Waals surface area contributed by atoms with E-state index in [4.69, 9.17) is 0 Å². The normalized spacial score (nSPS) is 13.0. The Morgan fingerprint density at radius 3 is 2.29 bits per heavy atom. The molecule has 1 aromatic carbocycles. The molecule has 0 spiro atoms. The molecule has 130 valence electrons. The molecule has 0 N–H and O–H groups in total. The summed E-state index contributed by atoms with van der Waals surface area (Å²) < 4.78 is 25.6. The molecule has 2 nitrogen and oxygen atoms in total. The van der Waals surface area contributed by atoms with E-state index in [2.05, 4.69) is 31.8 Å². The number of aryl methyl sites for hydroxylation is 1.